The molecule has 3 rings (SSSR count). The van der Waals surface area contributed by atoms with Gasteiger partial charge in [0.05, 0.1) is 25.8 Å². The number of carbonyl (C=O) groups excluding carboxylic acids is 2. The van der Waals surface area contributed by atoms with Crippen molar-refractivity contribution in [3.63, 3.8) is 0 Å². The molecular weight excluding hydrogens is 358 g/mol. The van der Waals surface area contributed by atoms with Crippen LogP contribution >= 0.6 is 0 Å². The van der Waals surface area contributed by atoms with Gasteiger partial charge in [0.2, 0.25) is 11.8 Å². The molecule has 0 radical (unpaired) electrons. The number of hydrazone groups is 1. The largest absolute Gasteiger partial charge is 0.497 e. The number of hydrogen-bond donors (Lipinski definition) is 1. The standard InChI is InChI=1S/C21H23N3O4/c1-3-28-19-10-6-17(7-11-19)24-14-16(12-20(24)25)21(26)23-22-13-15-4-8-18(27-2)9-5-15/h4-11,13,16H,3,12,14H2,1-2H3,(H,23,26)/b22-13-/t16-/m1/s1. The number of nitrogens with one attached hydrogen (secondary N) is 1. The van der Waals surface area contributed by atoms with Crippen LogP contribution in [0.3, 0.4) is 0 Å². The number of benzene rings is 2. The summed E-state index contributed by atoms with van der Waals surface area (Å²) in [5.74, 6) is 0.710. The fourth-order valence-corrected chi connectivity index (χ4v) is 2.97. The van der Waals surface area contributed by atoms with Gasteiger partial charge in [0, 0.05) is 18.7 Å². The van der Waals surface area contributed by atoms with E-state index in [1.54, 1.807) is 18.2 Å². The topological polar surface area (TPSA) is 80.2 Å². The molecule has 2 amide bonds. The lowest BCUT2D eigenvalue weighted by molar-refractivity contribution is -0.126. The molecule has 2 aromatic rings. The predicted octanol–water partition coefficient (Wildman–Crippen LogP) is 2.60. The van der Waals surface area contributed by atoms with E-state index < -0.39 is 5.92 Å². The Bertz CT molecular complexity index is 847. The second-order valence-corrected chi connectivity index (χ2v) is 6.34. The maximum Gasteiger partial charge on any atom is 0.245 e. The number of hydrogen-bond acceptors (Lipinski definition) is 5. The van der Waals surface area contributed by atoms with E-state index in [-0.39, 0.29) is 18.2 Å². The van der Waals surface area contributed by atoms with Crippen molar-refractivity contribution >= 4 is 23.7 Å². The third-order valence-corrected chi connectivity index (χ3v) is 4.46. The fourth-order valence-electron chi connectivity index (χ4n) is 2.97. The minimum atomic E-state index is -0.438. The van der Waals surface area contributed by atoms with Crippen LogP contribution in [-0.2, 0) is 9.59 Å². The average molecular weight is 381 g/mol. The van der Waals surface area contributed by atoms with E-state index in [0.29, 0.717) is 13.2 Å². The third kappa shape index (κ3) is 4.68. The van der Waals surface area contributed by atoms with Crippen LogP contribution in [0.25, 0.3) is 0 Å². The maximum atomic E-state index is 12.4. The number of rotatable bonds is 7. The Hall–Kier alpha value is -3.35. The van der Waals surface area contributed by atoms with Gasteiger partial charge in [0.1, 0.15) is 11.5 Å². The van der Waals surface area contributed by atoms with E-state index in [2.05, 4.69) is 10.5 Å². The fraction of sp³-hybridized carbons (Fsp3) is 0.286. The molecule has 7 nitrogen and oxygen atoms in total. The molecule has 0 unspecified atom stereocenters. The van der Waals surface area contributed by atoms with Gasteiger partial charge in [0.25, 0.3) is 0 Å². The molecule has 0 aliphatic carbocycles. The summed E-state index contributed by atoms with van der Waals surface area (Å²) in [6.07, 6.45) is 1.72. The molecule has 1 atom stereocenters. The van der Waals surface area contributed by atoms with E-state index in [1.165, 1.54) is 0 Å². The Morgan fingerprint density at radius 2 is 1.86 bits per heavy atom. The van der Waals surface area contributed by atoms with Gasteiger partial charge in [-0.3, -0.25) is 9.59 Å². The van der Waals surface area contributed by atoms with Crippen molar-refractivity contribution in [1.29, 1.82) is 0 Å². The molecular formula is C21H23N3O4. The summed E-state index contributed by atoms with van der Waals surface area (Å²) >= 11 is 0. The summed E-state index contributed by atoms with van der Waals surface area (Å²) < 4.78 is 10.5. The molecule has 28 heavy (non-hydrogen) atoms. The predicted molar refractivity (Wildman–Crippen MR) is 107 cm³/mol. The zero-order valence-electron chi connectivity index (χ0n) is 15.9. The van der Waals surface area contributed by atoms with Crippen LogP contribution in [0.15, 0.2) is 53.6 Å². The van der Waals surface area contributed by atoms with Crippen LogP contribution in [-0.4, -0.2) is 38.3 Å². The molecule has 1 fully saturated rings. The molecule has 0 spiro atoms. The molecule has 1 saturated heterocycles. The van der Waals surface area contributed by atoms with Crippen molar-refractivity contribution < 1.29 is 19.1 Å². The molecule has 0 saturated carbocycles. The van der Waals surface area contributed by atoms with Gasteiger partial charge in [-0.05, 0) is 61.0 Å². The monoisotopic (exact) mass is 381 g/mol. The normalized spacial score (nSPS) is 16.4. The molecule has 1 N–H and O–H groups in total. The van der Waals surface area contributed by atoms with Crippen LogP contribution in [0.4, 0.5) is 5.69 Å². The quantitative estimate of drug-likeness (QED) is 0.591. The second-order valence-electron chi connectivity index (χ2n) is 6.34. The first-order valence-electron chi connectivity index (χ1n) is 9.11. The zero-order chi connectivity index (χ0) is 19.9. The van der Waals surface area contributed by atoms with Crippen LogP contribution < -0.4 is 19.8 Å². The van der Waals surface area contributed by atoms with E-state index >= 15 is 0 Å². The Labute approximate surface area is 163 Å². The van der Waals surface area contributed by atoms with Crippen molar-refractivity contribution in [2.24, 2.45) is 11.0 Å². The number of anilines is 1. The van der Waals surface area contributed by atoms with Gasteiger partial charge in [-0.15, -0.1) is 0 Å². The summed E-state index contributed by atoms with van der Waals surface area (Å²) in [5.41, 5.74) is 4.11. The number of ether oxygens (including phenoxy) is 2. The molecule has 0 bridgehead atoms. The Morgan fingerprint density at radius 3 is 2.50 bits per heavy atom. The first kappa shape index (κ1) is 19.4. The van der Waals surface area contributed by atoms with Crippen molar-refractivity contribution in [1.82, 2.24) is 5.43 Å². The van der Waals surface area contributed by atoms with Crippen LogP contribution in [0.1, 0.15) is 18.9 Å². The van der Waals surface area contributed by atoms with Gasteiger partial charge in [-0.1, -0.05) is 0 Å². The number of methoxy groups -OCH3 is 1. The van der Waals surface area contributed by atoms with Crippen molar-refractivity contribution in [3.8, 4) is 11.5 Å². The highest BCUT2D eigenvalue weighted by molar-refractivity contribution is 6.00. The molecule has 2 aromatic carbocycles. The summed E-state index contributed by atoms with van der Waals surface area (Å²) in [6.45, 7) is 2.83. The summed E-state index contributed by atoms with van der Waals surface area (Å²) in [7, 11) is 1.60. The van der Waals surface area contributed by atoms with Crippen LogP contribution in [0, 0.1) is 5.92 Å². The second kappa shape index (κ2) is 9.03. The first-order valence-corrected chi connectivity index (χ1v) is 9.11. The molecule has 0 aromatic heterocycles. The third-order valence-electron chi connectivity index (χ3n) is 4.46. The summed E-state index contributed by atoms with van der Waals surface area (Å²) in [5, 5.41) is 3.98. The van der Waals surface area contributed by atoms with Crippen molar-refractivity contribution in [2.45, 2.75) is 13.3 Å². The lowest BCUT2D eigenvalue weighted by atomic mass is 10.1. The first-order chi connectivity index (χ1) is 13.6. The highest BCUT2D eigenvalue weighted by atomic mass is 16.5. The number of nitrogens with zero attached hydrogens (tertiary/aromatic N) is 2. The minimum absolute atomic E-state index is 0.0801. The van der Waals surface area contributed by atoms with E-state index in [9.17, 15) is 9.59 Å². The van der Waals surface area contributed by atoms with Crippen LogP contribution in [0.2, 0.25) is 0 Å². The maximum absolute atomic E-state index is 12.4. The highest BCUT2D eigenvalue weighted by Crippen LogP contribution is 2.27. The molecule has 1 heterocycles. The molecule has 1 aliphatic heterocycles. The summed E-state index contributed by atoms with van der Waals surface area (Å²) in [6, 6.07) is 14.6. The van der Waals surface area contributed by atoms with E-state index in [4.69, 9.17) is 9.47 Å². The SMILES string of the molecule is CCOc1ccc(N2C[C@H](C(=O)N/N=C\c3ccc(OC)cc3)CC2=O)cc1. The molecule has 7 heteroatoms. The van der Waals surface area contributed by atoms with Crippen LogP contribution in [0.5, 0.6) is 11.5 Å². The highest BCUT2D eigenvalue weighted by Gasteiger charge is 2.35. The average Bonchev–Trinajstić information content (AvgIpc) is 3.11. The van der Waals surface area contributed by atoms with Gasteiger partial charge in [-0.2, -0.15) is 5.10 Å². The Morgan fingerprint density at radius 1 is 1.18 bits per heavy atom. The minimum Gasteiger partial charge on any atom is -0.497 e. The molecule has 1 aliphatic rings. The van der Waals surface area contributed by atoms with Crippen molar-refractivity contribution in [2.75, 3.05) is 25.2 Å². The van der Waals surface area contributed by atoms with Gasteiger partial charge in [-0.25, -0.2) is 5.43 Å². The smallest absolute Gasteiger partial charge is 0.245 e. The van der Waals surface area contributed by atoms with E-state index in [1.807, 2.05) is 55.5 Å². The van der Waals surface area contributed by atoms with Gasteiger partial charge >= 0.3 is 0 Å². The zero-order valence-corrected chi connectivity index (χ0v) is 15.9. The Kier molecular flexibility index (Phi) is 6.26. The summed E-state index contributed by atoms with van der Waals surface area (Å²) in [4.78, 5) is 26.3. The number of amides is 2. The molecule has 146 valence electrons. The van der Waals surface area contributed by atoms with E-state index in [0.717, 1.165) is 22.7 Å². The lowest BCUT2D eigenvalue weighted by Crippen LogP contribution is -2.30. The number of carbonyl (C=O) groups is 2. The Balaban J connectivity index is 1.56. The van der Waals surface area contributed by atoms with Crippen molar-refractivity contribution in [3.05, 3.63) is 54.1 Å². The van der Waals surface area contributed by atoms with Gasteiger partial charge in [0.15, 0.2) is 0 Å². The lowest BCUT2D eigenvalue weighted by Gasteiger charge is -2.17. The van der Waals surface area contributed by atoms with Gasteiger partial charge < -0.3 is 14.4 Å².